The van der Waals surface area contributed by atoms with Crippen molar-refractivity contribution in [2.24, 2.45) is 0 Å². The van der Waals surface area contributed by atoms with Crippen LogP contribution in [-0.2, 0) is 19.8 Å². The maximum Gasteiger partial charge on any atom is 0.462 e. The van der Waals surface area contributed by atoms with Crippen LogP contribution in [0, 0.1) is 0 Å². The zero-order valence-electron chi connectivity index (χ0n) is 8.32. The molecule has 0 aromatic carbocycles. The lowest BCUT2D eigenvalue weighted by Crippen LogP contribution is -2.58. The van der Waals surface area contributed by atoms with Gasteiger partial charge in [-0.1, -0.05) is 3.89 Å². The smallest absolute Gasteiger partial charge is 0.254 e. The summed E-state index contributed by atoms with van der Waals surface area (Å²) >= 11 is 0. The molecule has 0 aromatic rings. The van der Waals surface area contributed by atoms with Crippen molar-refractivity contribution in [1.29, 1.82) is 0 Å². The number of carbonyl (C=O) groups excluding carboxylic acids is 1. The van der Waals surface area contributed by atoms with Crippen LogP contribution in [0.25, 0.3) is 0 Å². The van der Waals surface area contributed by atoms with Crippen LogP contribution in [0.15, 0.2) is 0 Å². The number of rotatable bonds is 5. The molecule has 0 saturated carbocycles. The van der Waals surface area contributed by atoms with Gasteiger partial charge in [-0.15, -0.1) is 0 Å². The third-order valence-electron chi connectivity index (χ3n) is 1.53. The Kier molecular flexibility index (Phi) is 4.45. The second-order valence-corrected chi connectivity index (χ2v) is 4.34. The Hall–Kier alpha value is -1.12. The molecule has 4 nitrogen and oxygen atoms in total. The quantitative estimate of drug-likeness (QED) is 0.566. The number of hydrogen-bond donors (Lipinski definition) is 0. The van der Waals surface area contributed by atoms with E-state index in [4.69, 9.17) is 0 Å². The predicted octanol–water partition coefficient (Wildman–Crippen LogP) is 2.21. The van der Waals surface area contributed by atoms with Gasteiger partial charge in [-0.2, -0.15) is 47.9 Å². The maximum absolute atomic E-state index is 12.7. The molecule has 0 rings (SSSR count). The monoisotopic (exact) mass is 346 g/mol. The number of ether oxygens (including phenoxy) is 1. The lowest BCUT2D eigenvalue weighted by Gasteiger charge is -2.30. The molecular formula is C5F10O4S. The number of hydrogen-bond acceptors (Lipinski definition) is 4. The standard InChI is InChI=1S/C5F10O4S/c6-1(16)2(7,20(15,17)18)19-5(13,14)3(8,9)4(10,11)12. The van der Waals surface area contributed by atoms with Gasteiger partial charge in [0.2, 0.25) is 0 Å². The van der Waals surface area contributed by atoms with Crippen LogP contribution in [-0.4, -0.2) is 37.8 Å². The molecule has 0 aromatic heterocycles. The van der Waals surface area contributed by atoms with Crippen molar-refractivity contribution in [2.45, 2.75) is 23.4 Å². The van der Waals surface area contributed by atoms with Crippen LogP contribution in [0.5, 0.6) is 0 Å². The highest BCUT2D eigenvalue weighted by Crippen LogP contribution is 2.49. The molecule has 0 N–H and O–H groups in total. The molecule has 0 fully saturated rings. The SMILES string of the molecule is O=C(F)C(F)(OC(F)(F)C(F)(F)C(F)(F)F)S(=O)(=O)F. The van der Waals surface area contributed by atoms with Gasteiger partial charge >= 0.3 is 39.7 Å². The van der Waals surface area contributed by atoms with Gasteiger partial charge in [0.05, 0.1) is 0 Å². The van der Waals surface area contributed by atoms with Gasteiger partial charge in [0.1, 0.15) is 0 Å². The highest BCUT2D eigenvalue weighted by atomic mass is 32.3. The summed E-state index contributed by atoms with van der Waals surface area (Å²) in [5, 5.41) is -6.38. The average Bonchev–Trinajstić information content (AvgIpc) is 2.12. The molecule has 15 heteroatoms. The first-order chi connectivity index (χ1) is 8.40. The lowest BCUT2D eigenvalue weighted by molar-refractivity contribution is -0.440. The fourth-order valence-corrected chi connectivity index (χ4v) is 0.976. The van der Waals surface area contributed by atoms with Crippen LogP contribution in [0.4, 0.5) is 43.4 Å². The minimum absolute atomic E-state index is 1.69. The van der Waals surface area contributed by atoms with Crippen LogP contribution in [0.3, 0.4) is 0 Å². The summed E-state index contributed by atoms with van der Waals surface area (Å²) in [5.74, 6) is -7.25. The second kappa shape index (κ2) is 4.71. The van der Waals surface area contributed by atoms with Crippen molar-refractivity contribution < 1.29 is 61.3 Å². The van der Waals surface area contributed by atoms with Gasteiger partial charge in [0.15, 0.2) is 0 Å². The van der Waals surface area contributed by atoms with Crippen LogP contribution >= 0.6 is 0 Å². The Labute approximate surface area is 102 Å². The molecule has 0 aliphatic rings. The molecule has 0 bridgehead atoms. The summed E-state index contributed by atoms with van der Waals surface area (Å²) in [7, 11) is -7.40. The first-order valence-electron chi connectivity index (χ1n) is 3.75. The van der Waals surface area contributed by atoms with Gasteiger partial charge in [0.25, 0.3) is 0 Å². The van der Waals surface area contributed by atoms with E-state index in [-0.39, 0.29) is 0 Å². The molecule has 0 aliphatic carbocycles. The molecule has 0 aliphatic heterocycles. The zero-order valence-corrected chi connectivity index (χ0v) is 9.14. The van der Waals surface area contributed by atoms with Crippen LogP contribution in [0.2, 0.25) is 0 Å². The Bertz CT molecular complexity index is 494. The fourth-order valence-electron chi connectivity index (χ4n) is 0.580. The van der Waals surface area contributed by atoms with E-state index in [1.54, 1.807) is 4.74 Å². The topological polar surface area (TPSA) is 60.4 Å². The summed E-state index contributed by atoms with van der Waals surface area (Å²) in [6.45, 7) is 0. The summed E-state index contributed by atoms with van der Waals surface area (Å²) in [5.41, 5.74) is 0. The normalized spacial score (nSPS) is 17.7. The molecule has 0 heterocycles. The first kappa shape index (κ1) is 18.9. The van der Waals surface area contributed by atoms with Crippen molar-refractivity contribution in [3.05, 3.63) is 0 Å². The van der Waals surface area contributed by atoms with Gasteiger partial charge in [0, 0.05) is 0 Å². The van der Waals surface area contributed by atoms with Gasteiger partial charge in [-0.05, 0) is 0 Å². The minimum Gasteiger partial charge on any atom is -0.254 e. The molecule has 1 atom stereocenters. The molecule has 1 unspecified atom stereocenters. The fraction of sp³-hybridized carbons (Fsp3) is 0.800. The van der Waals surface area contributed by atoms with E-state index in [0.29, 0.717) is 0 Å². The third kappa shape index (κ3) is 2.97. The number of alkyl halides is 8. The summed E-state index contributed by atoms with van der Waals surface area (Å²) in [6, 6.07) is -4.22. The summed E-state index contributed by atoms with van der Waals surface area (Å²) < 4.78 is 142. The maximum atomic E-state index is 12.7. The predicted molar refractivity (Wildman–Crippen MR) is 37.0 cm³/mol. The van der Waals surface area contributed by atoms with E-state index in [9.17, 15) is 56.6 Å². The van der Waals surface area contributed by atoms with E-state index in [1.165, 1.54) is 0 Å². The Morgan fingerprint density at radius 2 is 1.25 bits per heavy atom. The Morgan fingerprint density at radius 3 is 1.45 bits per heavy atom. The molecule has 0 amide bonds. The van der Waals surface area contributed by atoms with Crippen molar-refractivity contribution in [1.82, 2.24) is 0 Å². The minimum atomic E-state index is -7.40. The largest absolute Gasteiger partial charge is 0.462 e. The van der Waals surface area contributed by atoms with Gasteiger partial charge in [-0.25, -0.2) is 0 Å². The number of halogens is 10. The van der Waals surface area contributed by atoms with Crippen molar-refractivity contribution >= 4 is 16.3 Å². The van der Waals surface area contributed by atoms with Crippen molar-refractivity contribution in [3.8, 4) is 0 Å². The summed E-state index contributed by atoms with van der Waals surface area (Å²) in [4.78, 5) is 9.72. The van der Waals surface area contributed by atoms with Crippen LogP contribution < -0.4 is 0 Å². The highest BCUT2D eigenvalue weighted by Gasteiger charge is 2.78. The Balaban J connectivity index is 5.86. The first-order valence-corrected chi connectivity index (χ1v) is 5.14. The summed E-state index contributed by atoms with van der Waals surface area (Å²) in [6.07, 6.45) is -14.2. The highest BCUT2D eigenvalue weighted by molar-refractivity contribution is 7.88. The number of carbonyl (C=O) groups is 1. The van der Waals surface area contributed by atoms with Gasteiger partial charge < -0.3 is 0 Å². The second-order valence-electron chi connectivity index (χ2n) is 2.94. The van der Waals surface area contributed by atoms with Gasteiger partial charge in [-0.3, -0.25) is 9.53 Å². The van der Waals surface area contributed by atoms with Crippen molar-refractivity contribution in [3.63, 3.8) is 0 Å². The molecule has 0 radical (unpaired) electrons. The lowest BCUT2D eigenvalue weighted by atomic mass is 10.3. The molecule has 0 saturated heterocycles. The zero-order chi connectivity index (χ0) is 16.8. The van der Waals surface area contributed by atoms with E-state index in [1.807, 2.05) is 0 Å². The molecular weight excluding hydrogens is 346 g/mol. The average molecular weight is 346 g/mol. The van der Waals surface area contributed by atoms with Crippen molar-refractivity contribution in [2.75, 3.05) is 0 Å². The van der Waals surface area contributed by atoms with E-state index < -0.39 is 39.7 Å². The molecule has 20 heavy (non-hydrogen) atoms. The van der Waals surface area contributed by atoms with E-state index >= 15 is 0 Å². The molecule has 0 spiro atoms. The van der Waals surface area contributed by atoms with Crippen LogP contribution in [0.1, 0.15) is 0 Å². The van der Waals surface area contributed by atoms with E-state index in [2.05, 4.69) is 0 Å². The molecule has 120 valence electrons. The third-order valence-corrected chi connectivity index (χ3v) is 2.40. The Morgan fingerprint density at radius 1 is 0.900 bits per heavy atom. The van der Waals surface area contributed by atoms with E-state index in [0.717, 1.165) is 0 Å².